The Balaban J connectivity index is 1.54. The molecular formula is C23H21N3O5. The number of carbonyl (C=O) groups excluding carboxylic acids is 2. The molecule has 0 saturated heterocycles. The van der Waals surface area contributed by atoms with Gasteiger partial charge in [-0.2, -0.15) is 0 Å². The van der Waals surface area contributed by atoms with Crippen molar-refractivity contribution >= 4 is 45.3 Å². The summed E-state index contributed by atoms with van der Waals surface area (Å²) in [6.07, 6.45) is 0.560. The van der Waals surface area contributed by atoms with Crippen molar-refractivity contribution in [2.24, 2.45) is 0 Å². The van der Waals surface area contributed by atoms with E-state index in [2.05, 4.69) is 15.3 Å². The number of hydrogen-bond donors (Lipinski definition) is 4. The molecular weight excluding hydrogens is 398 g/mol. The predicted octanol–water partition coefficient (Wildman–Crippen LogP) is 4.56. The molecule has 4 rings (SSSR count). The quantitative estimate of drug-likeness (QED) is 0.341. The van der Waals surface area contributed by atoms with Crippen LogP contribution >= 0.6 is 0 Å². The zero-order chi connectivity index (χ0) is 22.1. The van der Waals surface area contributed by atoms with Gasteiger partial charge in [0.1, 0.15) is 11.4 Å². The van der Waals surface area contributed by atoms with Gasteiger partial charge in [-0.05, 0) is 61.9 Å². The van der Waals surface area contributed by atoms with E-state index < -0.39 is 11.9 Å². The summed E-state index contributed by atoms with van der Waals surface area (Å²) >= 11 is 0. The number of anilines is 1. The molecule has 8 nitrogen and oxygen atoms in total. The number of ether oxygens (including phenoxy) is 1. The lowest BCUT2D eigenvalue weighted by Crippen LogP contribution is -2.14. The standard InChI is InChI=1S/C23H21N3O5/c1-3-12(2)31-23(30)20-11-15-9-16(5-7-18(15)26-20)24-21(27)19-10-14-8-13(22(28)29)4-6-17(14)25-19/h4-12,25-26H,3H2,1-2H3,(H,24,27)(H,28,29). The smallest absolute Gasteiger partial charge is 0.355 e. The molecule has 8 heteroatoms. The van der Waals surface area contributed by atoms with Crippen molar-refractivity contribution in [3.63, 3.8) is 0 Å². The van der Waals surface area contributed by atoms with Gasteiger partial charge in [0.2, 0.25) is 0 Å². The third-order valence-corrected chi connectivity index (χ3v) is 5.09. The van der Waals surface area contributed by atoms with Gasteiger partial charge in [-0.1, -0.05) is 6.92 Å². The van der Waals surface area contributed by atoms with Crippen LogP contribution in [-0.4, -0.2) is 39.0 Å². The number of aromatic nitrogens is 2. The molecule has 2 heterocycles. The number of hydrogen-bond acceptors (Lipinski definition) is 4. The molecule has 1 unspecified atom stereocenters. The molecule has 0 radical (unpaired) electrons. The van der Waals surface area contributed by atoms with Crippen LogP contribution in [0.4, 0.5) is 5.69 Å². The minimum absolute atomic E-state index is 0.152. The highest BCUT2D eigenvalue weighted by atomic mass is 16.5. The van der Waals surface area contributed by atoms with E-state index in [1.807, 2.05) is 13.8 Å². The fraction of sp³-hybridized carbons (Fsp3) is 0.174. The number of esters is 1. The summed E-state index contributed by atoms with van der Waals surface area (Å²) in [6, 6.07) is 13.2. The van der Waals surface area contributed by atoms with Crippen molar-refractivity contribution in [2.75, 3.05) is 5.32 Å². The Bertz CT molecular complexity index is 1320. The molecule has 0 spiro atoms. The van der Waals surface area contributed by atoms with Crippen LogP contribution in [0.15, 0.2) is 48.5 Å². The first-order chi connectivity index (χ1) is 14.8. The fourth-order valence-electron chi connectivity index (χ4n) is 3.24. The van der Waals surface area contributed by atoms with Crippen LogP contribution in [0.2, 0.25) is 0 Å². The van der Waals surface area contributed by atoms with Gasteiger partial charge in [0.15, 0.2) is 0 Å². The summed E-state index contributed by atoms with van der Waals surface area (Å²) in [6.45, 7) is 3.77. The first-order valence-electron chi connectivity index (χ1n) is 9.85. The van der Waals surface area contributed by atoms with E-state index >= 15 is 0 Å². The molecule has 0 aliphatic carbocycles. The molecule has 0 bridgehead atoms. The summed E-state index contributed by atoms with van der Waals surface area (Å²) in [4.78, 5) is 42.0. The second-order valence-electron chi connectivity index (χ2n) is 7.35. The number of fused-ring (bicyclic) bond motifs is 2. The maximum Gasteiger partial charge on any atom is 0.355 e. The Morgan fingerprint density at radius 3 is 2.32 bits per heavy atom. The molecule has 2 aromatic heterocycles. The van der Waals surface area contributed by atoms with E-state index in [-0.39, 0.29) is 17.6 Å². The summed E-state index contributed by atoms with van der Waals surface area (Å²) in [5, 5.41) is 13.3. The van der Waals surface area contributed by atoms with Gasteiger partial charge in [0.25, 0.3) is 5.91 Å². The van der Waals surface area contributed by atoms with Crippen LogP contribution in [0.5, 0.6) is 0 Å². The minimum atomic E-state index is -1.03. The second kappa shape index (κ2) is 7.98. The van der Waals surface area contributed by atoms with Crippen molar-refractivity contribution in [1.29, 1.82) is 0 Å². The Hall–Kier alpha value is -4.07. The molecule has 1 atom stereocenters. The van der Waals surface area contributed by atoms with Crippen molar-refractivity contribution in [3.8, 4) is 0 Å². The summed E-state index contributed by atoms with van der Waals surface area (Å²) < 4.78 is 5.34. The number of H-pyrrole nitrogens is 2. The number of amides is 1. The molecule has 1 amide bonds. The second-order valence-corrected chi connectivity index (χ2v) is 7.35. The number of carbonyl (C=O) groups is 3. The van der Waals surface area contributed by atoms with Crippen LogP contribution in [0.1, 0.15) is 51.6 Å². The van der Waals surface area contributed by atoms with Crippen LogP contribution < -0.4 is 5.32 Å². The van der Waals surface area contributed by atoms with Gasteiger partial charge in [-0.3, -0.25) is 4.79 Å². The molecule has 0 fully saturated rings. The molecule has 0 saturated carbocycles. The topological polar surface area (TPSA) is 124 Å². The monoisotopic (exact) mass is 419 g/mol. The SMILES string of the molecule is CCC(C)OC(=O)c1cc2cc(NC(=O)c3cc4cc(C(=O)O)ccc4[nH]3)ccc2[nH]1. The predicted molar refractivity (Wildman–Crippen MR) is 117 cm³/mol. The first kappa shape index (κ1) is 20.2. The molecule has 31 heavy (non-hydrogen) atoms. The van der Waals surface area contributed by atoms with E-state index in [0.717, 1.165) is 17.3 Å². The summed E-state index contributed by atoms with van der Waals surface area (Å²) in [5.41, 5.74) is 2.79. The number of nitrogens with one attached hydrogen (secondary N) is 3. The van der Waals surface area contributed by atoms with E-state index in [9.17, 15) is 14.4 Å². The maximum atomic E-state index is 12.7. The van der Waals surface area contributed by atoms with Gasteiger partial charge in [-0.15, -0.1) is 0 Å². The highest BCUT2D eigenvalue weighted by Gasteiger charge is 2.15. The van der Waals surface area contributed by atoms with Crippen molar-refractivity contribution in [1.82, 2.24) is 9.97 Å². The minimum Gasteiger partial charge on any atom is -0.478 e. The lowest BCUT2D eigenvalue weighted by Gasteiger charge is -2.09. The van der Waals surface area contributed by atoms with E-state index in [1.54, 1.807) is 36.4 Å². The Morgan fingerprint density at radius 2 is 1.61 bits per heavy atom. The van der Waals surface area contributed by atoms with Gasteiger partial charge < -0.3 is 25.1 Å². The van der Waals surface area contributed by atoms with Crippen LogP contribution in [-0.2, 0) is 4.74 Å². The molecule has 4 N–H and O–H groups in total. The Kier molecular flexibility index (Phi) is 5.21. The van der Waals surface area contributed by atoms with Gasteiger partial charge in [0, 0.05) is 27.5 Å². The van der Waals surface area contributed by atoms with Crippen molar-refractivity contribution in [2.45, 2.75) is 26.4 Å². The van der Waals surface area contributed by atoms with E-state index in [1.165, 1.54) is 12.1 Å². The summed E-state index contributed by atoms with van der Waals surface area (Å²) in [5.74, 6) is -1.81. The average Bonchev–Trinajstić information content (AvgIpc) is 3.36. The first-order valence-corrected chi connectivity index (χ1v) is 9.85. The average molecular weight is 419 g/mol. The Labute approximate surface area is 177 Å². The number of benzene rings is 2. The highest BCUT2D eigenvalue weighted by molar-refractivity contribution is 6.07. The molecule has 2 aromatic carbocycles. The lowest BCUT2D eigenvalue weighted by atomic mass is 10.1. The number of aromatic carboxylic acids is 1. The maximum absolute atomic E-state index is 12.7. The van der Waals surface area contributed by atoms with Crippen LogP contribution in [0, 0.1) is 0 Å². The zero-order valence-electron chi connectivity index (χ0n) is 17.0. The number of rotatable bonds is 6. The third-order valence-electron chi connectivity index (χ3n) is 5.09. The van der Waals surface area contributed by atoms with Crippen LogP contribution in [0.25, 0.3) is 21.8 Å². The summed E-state index contributed by atoms with van der Waals surface area (Å²) in [7, 11) is 0. The normalized spacial score (nSPS) is 12.1. The van der Waals surface area contributed by atoms with E-state index in [0.29, 0.717) is 28.0 Å². The molecule has 158 valence electrons. The van der Waals surface area contributed by atoms with Crippen LogP contribution in [0.3, 0.4) is 0 Å². The fourth-order valence-corrected chi connectivity index (χ4v) is 3.24. The van der Waals surface area contributed by atoms with Gasteiger partial charge >= 0.3 is 11.9 Å². The van der Waals surface area contributed by atoms with Gasteiger partial charge in [0.05, 0.1) is 11.7 Å². The molecule has 0 aliphatic heterocycles. The molecule has 0 aliphatic rings. The Morgan fingerprint density at radius 1 is 0.968 bits per heavy atom. The number of carboxylic acid groups (broad SMARTS) is 1. The van der Waals surface area contributed by atoms with E-state index in [4.69, 9.17) is 9.84 Å². The lowest BCUT2D eigenvalue weighted by molar-refractivity contribution is 0.0328. The number of aromatic amines is 2. The largest absolute Gasteiger partial charge is 0.478 e. The van der Waals surface area contributed by atoms with Crippen molar-refractivity contribution < 1.29 is 24.2 Å². The highest BCUT2D eigenvalue weighted by Crippen LogP contribution is 2.23. The molecule has 4 aromatic rings. The van der Waals surface area contributed by atoms with Crippen molar-refractivity contribution in [3.05, 3.63) is 65.5 Å². The van der Waals surface area contributed by atoms with Gasteiger partial charge in [-0.25, -0.2) is 9.59 Å². The zero-order valence-corrected chi connectivity index (χ0v) is 17.0. The third kappa shape index (κ3) is 4.13. The number of carboxylic acids is 1.